The van der Waals surface area contributed by atoms with Crippen LogP contribution in [0.1, 0.15) is 23.3 Å². The molecule has 1 aromatic carbocycles. The van der Waals surface area contributed by atoms with Crippen LogP contribution in [0.3, 0.4) is 0 Å². The van der Waals surface area contributed by atoms with E-state index in [0.29, 0.717) is 0 Å². The molecular weight excluding hydrogens is 300 g/mol. The molecule has 1 heterocycles. The van der Waals surface area contributed by atoms with E-state index in [1.807, 2.05) is 20.7 Å². The standard InChI is InChI=1S/C13H13S2.BrH/c1-2-6-10(7-3-1)13-11-8-4-5-9-12(11)14-15-13;/h1-3,6-7H,4-5,8-9H2;1H/q+1;/p-1. The Morgan fingerprint density at radius 2 is 1.75 bits per heavy atom. The second-order valence-corrected chi connectivity index (χ2v) is 6.21. The molecule has 0 aliphatic heterocycles. The molecule has 0 unspecified atom stereocenters. The van der Waals surface area contributed by atoms with E-state index >= 15 is 0 Å². The molecular formula is C13H13BrS2. The van der Waals surface area contributed by atoms with E-state index in [2.05, 4.69) is 30.3 Å². The van der Waals surface area contributed by atoms with Crippen LogP contribution in [0.25, 0.3) is 10.4 Å². The van der Waals surface area contributed by atoms with Gasteiger partial charge in [-0.3, -0.25) is 0 Å². The summed E-state index contributed by atoms with van der Waals surface area (Å²) >= 11 is 0. The maximum Gasteiger partial charge on any atom is 0.301 e. The third kappa shape index (κ3) is 2.22. The SMILES string of the molecule is [Br-].c1ccc(-c2[s+]sc3c2CCCC3)cc1. The molecule has 0 saturated carbocycles. The molecule has 1 aliphatic rings. The lowest BCUT2D eigenvalue weighted by Crippen LogP contribution is -3.00. The van der Waals surface area contributed by atoms with Gasteiger partial charge in [-0.1, -0.05) is 18.2 Å². The highest BCUT2D eigenvalue weighted by molar-refractivity contribution is 7.70. The fourth-order valence-electron chi connectivity index (χ4n) is 2.16. The molecule has 0 spiro atoms. The quantitative estimate of drug-likeness (QED) is 0.555. The second-order valence-electron chi connectivity index (χ2n) is 3.97. The number of hydrogen-bond donors (Lipinski definition) is 0. The summed E-state index contributed by atoms with van der Waals surface area (Å²) in [4.78, 5) is 3.17. The van der Waals surface area contributed by atoms with Crippen molar-refractivity contribution in [2.75, 3.05) is 0 Å². The monoisotopic (exact) mass is 312 g/mol. The van der Waals surface area contributed by atoms with Gasteiger partial charge in [0.15, 0.2) is 10.3 Å². The predicted octanol–water partition coefficient (Wildman–Crippen LogP) is 1.64. The first-order chi connectivity index (χ1) is 7.45. The number of fused-ring (bicyclic) bond motifs is 1. The van der Waals surface area contributed by atoms with Gasteiger partial charge in [-0.25, -0.2) is 0 Å². The largest absolute Gasteiger partial charge is 1.00 e. The van der Waals surface area contributed by atoms with Crippen LogP contribution in [0.5, 0.6) is 0 Å². The van der Waals surface area contributed by atoms with Gasteiger partial charge >= 0.3 is 10.3 Å². The summed E-state index contributed by atoms with van der Waals surface area (Å²) in [5, 5.41) is 0. The van der Waals surface area contributed by atoms with Gasteiger partial charge in [-0.2, -0.15) is 0 Å². The maximum absolute atomic E-state index is 2.23. The van der Waals surface area contributed by atoms with Crippen LogP contribution in [0, 0.1) is 0 Å². The molecule has 1 aliphatic carbocycles. The van der Waals surface area contributed by atoms with Gasteiger partial charge in [0.2, 0.25) is 0 Å². The number of hydrogen-bond acceptors (Lipinski definition) is 1. The van der Waals surface area contributed by atoms with Crippen molar-refractivity contribution in [2.24, 2.45) is 0 Å². The zero-order valence-electron chi connectivity index (χ0n) is 8.91. The van der Waals surface area contributed by atoms with E-state index in [0.717, 1.165) is 0 Å². The fraction of sp³-hybridized carbons (Fsp3) is 0.308. The molecule has 3 rings (SSSR count). The van der Waals surface area contributed by atoms with Crippen LogP contribution in [0.2, 0.25) is 0 Å². The molecule has 16 heavy (non-hydrogen) atoms. The zero-order valence-corrected chi connectivity index (χ0v) is 12.1. The van der Waals surface area contributed by atoms with Gasteiger partial charge in [0.1, 0.15) is 0 Å². The molecule has 0 amide bonds. The third-order valence-corrected chi connectivity index (χ3v) is 5.69. The smallest absolute Gasteiger partial charge is 0.301 e. The van der Waals surface area contributed by atoms with Crippen LogP contribution < -0.4 is 17.0 Å². The van der Waals surface area contributed by atoms with E-state index in [1.54, 1.807) is 10.4 Å². The molecule has 2 aromatic rings. The van der Waals surface area contributed by atoms with Crippen LogP contribution in [-0.2, 0) is 12.8 Å². The van der Waals surface area contributed by atoms with Crippen molar-refractivity contribution >= 4 is 20.7 Å². The minimum atomic E-state index is 0. The van der Waals surface area contributed by atoms with Crippen molar-refractivity contribution in [3.63, 3.8) is 0 Å². The first-order valence-corrected chi connectivity index (χ1v) is 7.59. The van der Waals surface area contributed by atoms with Crippen molar-refractivity contribution in [3.05, 3.63) is 40.8 Å². The minimum Gasteiger partial charge on any atom is -1.00 e. The number of rotatable bonds is 1. The molecule has 3 heteroatoms. The van der Waals surface area contributed by atoms with Crippen molar-refractivity contribution in [1.29, 1.82) is 0 Å². The summed E-state index contributed by atoms with van der Waals surface area (Å²) in [6.07, 6.45) is 5.35. The topological polar surface area (TPSA) is 0 Å². The first kappa shape index (κ1) is 12.2. The van der Waals surface area contributed by atoms with Gasteiger partial charge < -0.3 is 17.0 Å². The Labute approximate surface area is 114 Å². The van der Waals surface area contributed by atoms with E-state index in [-0.39, 0.29) is 17.0 Å². The van der Waals surface area contributed by atoms with Gasteiger partial charge in [0.05, 0.1) is 4.88 Å². The minimum absolute atomic E-state index is 0. The van der Waals surface area contributed by atoms with E-state index in [1.165, 1.54) is 36.1 Å². The highest BCUT2D eigenvalue weighted by Crippen LogP contribution is 2.40. The van der Waals surface area contributed by atoms with Crippen LogP contribution in [-0.4, -0.2) is 0 Å². The second kappa shape index (κ2) is 5.39. The van der Waals surface area contributed by atoms with E-state index in [4.69, 9.17) is 0 Å². The van der Waals surface area contributed by atoms with Crippen LogP contribution >= 0.6 is 20.7 Å². The molecule has 0 fully saturated rings. The Morgan fingerprint density at radius 1 is 1.00 bits per heavy atom. The van der Waals surface area contributed by atoms with Crippen LogP contribution in [0.15, 0.2) is 30.3 Å². The lowest BCUT2D eigenvalue weighted by molar-refractivity contribution is -0.00000278. The van der Waals surface area contributed by atoms with E-state index in [9.17, 15) is 0 Å². The fourth-order valence-corrected chi connectivity index (χ4v) is 5.20. The van der Waals surface area contributed by atoms with Crippen molar-refractivity contribution in [3.8, 4) is 10.4 Å². The lowest BCUT2D eigenvalue weighted by Gasteiger charge is -2.07. The normalized spacial score (nSPS) is 14.0. The van der Waals surface area contributed by atoms with Gasteiger partial charge in [-0.05, 0) is 37.8 Å². The van der Waals surface area contributed by atoms with Crippen molar-refractivity contribution < 1.29 is 17.0 Å². The summed E-state index contributed by atoms with van der Waals surface area (Å²) in [6.45, 7) is 0. The Bertz CT molecular complexity index is 462. The van der Waals surface area contributed by atoms with Gasteiger partial charge in [0.25, 0.3) is 4.88 Å². The highest BCUT2D eigenvalue weighted by Gasteiger charge is 2.26. The number of halogens is 1. The van der Waals surface area contributed by atoms with Crippen LogP contribution in [0.4, 0.5) is 0 Å². The third-order valence-electron chi connectivity index (χ3n) is 2.95. The summed E-state index contributed by atoms with van der Waals surface area (Å²) in [6, 6.07) is 10.8. The van der Waals surface area contributed by atoms with Crippen molar-refractivity contribution in [1.82, 2.24) is 0 Å². The lowest BCUT2D eigenvalue weighted by atomic mass is 9.96. The molecule has 84 valence electrons. The predicted molar refractivity (Wildman–Crippen MR) is 68.7 cm³/mol. The average molecular weight is 313 g/mol. The summed E-state index contributed by atoms with van der Waals surface area (Å²) in [5.41, 5.74) is 3.05. The molecule has 0 atom stereocenters. The Morgan fingerprint density at radius 3 is 2.56 bits per heavy atom. The molecule has 0 bridgehead atoms. The number of aryl methyl sites for hydroxylation is 1. The molecule has 0 radical (unpaired) electrons. The Balaban J connectivity index is 0.000000963. The molecule has 1 aromatic heterocycles. The Kier molecular flexibility index (Phi) is 4.11. The molecule has 0 saturated heterocycles. The summed E-state index contributed by atoms with van der Waals surface area (Å²) in [7, 11) is 3.95. The summed E-state index contributed by atoms with van der Waals surface area (Å²) < 4.78 is 0. The van der Waals surface area contributed by atoms with E-state index < -0.39 is 0 Å². The highest BCUT2D eigenvalue weighted by atomic mass is 79.9. The molecule has 0 N–H and O–H groups in total. The first-order valence-electron chi connectivity index (χ1n) is 5.44. The molecule has 0 nitrogen and oxygen atoms in total. The Hall–Kier alpha value is -0.250. The van der Waals surface area contributed by atoms with Crippen molar-refractivity contribution in [2.45, 2.75) is 25.7 Å². The van der Waals surface area contributed by atoms with Gasteiger partial charge in [0, 0.05) is 11.1 Å². The average Bonchev–Trinajstić information content (AvgIpc) is 2.74. The number of benzene rings is 1. The summed E-state index contributed by atoms with van der Waals surface area (Å²) in [5.74, 6) is 0. The maximum atomic E-state index is 2.23. The zero-order chi connectivity index (χ0) is 10.1. The van der Waals surface area contributed by atoms with Gasteiger partial charge in [-0.15, -0.1) is 0 Å².